The molecule has 4 rings (SSSR count). The van der Waals surface area contributed by atoms with Crippen LogP contribution in [0.5, 0.6) is 0 Å². The van der Waals surface area contributed by atoms with E-state index in [1.807, 2.05) is 4.90 Å². The van der Waals surface area contributed by atoms with Crippen LogP contribution in [0.15, 0.2) is 6.33 Å². The van der Waals surface area contributed by atoms with E-state index in [1.54, 1.807) is 6.33 Å². The highest BCUT2D eigenvalue weighted by Gasteiger charge is 2.27. The first kappa shape index (κ1) is 15.8. The van der Waals surface area contributed by atoms with Crippen LogP contribution in [0.1, 0.15) is 24.1 Å². The normalized spacial score (nSPS) is 21.8. The first-order valence-electron chi connectivity index (χ1n) is 8.97. The summed E-state index contributed by atoms with van der Waals surface area (Å²) >= 11 is 0. The van der Waals surface area contributed by atoms with Crippen molar-refractivity contribution in [3.05, 3.63) is 17.6 Å². The molecule has 0 aliphatic carbocycles. The quantitative estimate of drug-likeness (QED) is 0.794. The Kier molecular flexibility index (Phi) is 4.62. The number of aromatic nitrogens is 2. The maximum absolute atomic E-state index is 12.4. The van der Waals surface area contributed by atoms with Gasteiger partial charge in [-0.15, -0.1) is 0 Å². The van der Waals surface area contributed by atoms with Crippen molar-refractivity contribution in [2.24, 2.45) is 0 Å². The minimum absolute atomic E-state index is 0.265. The molecule has 0 bridgehead atoms. The van der Waals surface area contributed by atoms with Gasteiger partial charge in [-0.1, -0.05) is 0 Å². The van der Waals surface area contributed by atoms with Crippen LogP contribution in [0.25, 0.3) is 0 Å². The zero-order chi connectivity index (χ0) is 16.4. The Morgan fingerprint density at radius 1 is 1.08 bits per heavy atom. The number of rotatable bonds is 3. The molecule has 3 aliphatic rings. The van der Waals surface area contributed by atoms with Crippen LogP contribution in [0.3, 0.4) is 0 Å². The number of anilines is 1. The Bertz CT molecular complexity index is 597. The van der Waals surface area contributed by atoms with Gasteiger partial charge in [0.15, 0.2) is 0 Å². The van der Waals surface area contributed by atoms with Crippen molar-refractivity contribution >= 4 is 11.7 Å². The van der Waals surface area contributed by atoms with Gasteiger partial charge < -0.3 is 14.5 Å². The summed E-state index contributed by atoms with van der Waals surface area (Å²) in [6.45, 7) is 7.25. The fourth-order valence-corrected chi connectivity index (χ4v) is 3.82. The maximum Gasteiger partial charge on any atom is 0.236 e. The standard InChI is InChI=1S/C17H25N5O2/c23-16(21-4-1-2-5-21)12-20-6-3-15-14(11-20)17(19-13-18-15)22-7-9-24-10-8-22/h13H,1-12H2. The van der Waals surface area contributed by atoms with E-state index in [2.05, 4.69) is 19.8 Å². The third kappa shape index (κ3) is 3.23. The third-order valence-corrected chi connectivity index (χ3v) is 5.19. The van der Waals surface area contributed by atoms with Gasteiger partial charge in [0.05, 0.1) is 25.5 Å². The average Bonchev–Trinajstić information content (AvgIpc) is 3.17. The van der Waals surface area contributed by atoms with E-state index in [1.165, 1.54) is 5.56 Å². The minimum Gasteiger partial charge on any atom is -0.378 e. The number of hydrogen-bond donors (Lipinski definition) is 0. The summed E-state index contributed by atoms with van der Waals surface area (Å²) in [5.74, 6) is 1.29. The van der Waals surface area contributed by atoms with Gasteiger partial charge in [-0.25, -0.2) is 9.97 Å². The molecule has 0 spiro atoms. The molecule has 4 heterocycles. The molecule has 130 valence electrons. The van der Waals surface area contributed by atoms with Crippen LogP contribution < -0.4 is 4.90 Å². The third-order valence-electron chi connectivity index (χ3n) is 5.19. The van der Waals surface area contributed by atoms with Crippen molar-refractivity contribution in [3.8, 4) is 0 Å². The first-order valence-corrected chi connectivity index (χ1v) is 8.97. The molecule has 7 nitrogen and oxygen atoms in total. The predicted molar refractivity (Wildman–Crippen MR) is 89.9 cm³/mol. The molecule has 24 heavy (non-hydrogen) atoms. The van der Waals surface area contributed by atoms with E-state index < -0.39 is 0 Å². The van der Waals surface area contributed by atoms with Gasteiger partial charge in [-0.05, 0) is 12.8 Å². The van der Waals surface area contributed by atoms with Crippen molar-refractivity contribution < 1.29 is 9.53 Å². The Balaban J connectivity index is 1.47. The van der Waals surface area contributed by atoms with Crippen LogP contribution in [0, 0.1) is 0 Å². The number of carbonyl (C=O) groups excluding carboxylic acids is 1. The molecular formula is C17H25N5O2. The molecule has 0 atom stereocenters. The molecule has 2 fully saturated rings. The Morgan fingerprint density at radius 2 is 1.88 bits per heavy atom. The molecule has 0 saturated carbocycles. The second-order valence-corrected chi connectivity index (χ2v) is 6.77. The smallest absolute Gasteiger partial charge is 0.236 e. The largest absolute Gasteiger partial charge is 0.378 e. The van der Waals surface area contributed by atoms with Crippen molar-refractivity contribution in [2.75, 3.05) is 57.4 Å². The van der Waals surface area contributed by atoms with Gasteiger partial charge in [-0.3, -0.25) is 9.69 Å². The first-order chi connectivity index (χ1) is 11.8. The summed E-state index contributed by atoms with van der Waals surface area (Å²) in [7, 11) is 0. The van der Waals surface area contributed by atoms with E-state index in [4.69, 9.17) is 4.74 Å². The molecule has 1 amide bonds. The van der Waals surface area contributed by atoms with Crippen LogP contribution >= 0.6 is 0 Å². The van der Waals surface area contributed by atoms with Gasteiger partial charge in [0.25, 0.3) is 0 Å². The lowest BCUT2D eigenvalue weighted by Crippen LogP contribution is -2.43. The summed E-state index contributed by atoms with van der Waals surface area (Å²) in [4.78, 5) is 28.0. The van der Waals surface area contributed by atoms with E-state index in [9.17, 15) is 4.79 Å². The lowest BCUT2D eigenvalue weighted by Gasteiger charge is -2.34. The van der Waals surface area contributed by atoms with Crippen LogP contribution in [0.4, 0.5) is 5.82 Å². The molecule has 1 aromatic rings. The minimum atomic E-state index is 0.265. The number of hydrogen-bond acceptors (Lipinski definition) is 6. The number of amides is 1. The highest BCUT2D eigenvalue weighted by Crippen LogP contribution is 2.26. The molecule has 0 aromatic carbocycles. The number of fused-ring (bicyclic) bond motifs is 1. The van der Waals surface area contributed by atoms with E-state index in [-0.39, 0.29) is 5.91 Å². The zero-order valence-corrected chi connectivity index (χ0v) is 14.1. The summed E-state index contributed by atoms with van der Waals surface area (Å²) in [6, 6.07) is 0. The summed E-state index contributed by atoms with van der Waals surface area (Å²) in [5.41, 5.74) is 2.33. The van der Waals surface area contributed by atoms with Crippen LogP contribution in [-0.2, 0) is 22.5 Å². The number of nitrogens with zero attached hydrogens (tertiary/aromatic N) is 5. The van der Waals surface area contributed by atoms with Gasteiger partial charge in [-0.2, -0.15) is 0 Å². The van der Waals surface area contributed by atoms with Crippen molar-refractivity contribution in [2.45, 2.75) is 25.8 Å². The van der Waals surface area contributed by atoms with Gasteiger partial charge in [0, 0.05) is 51.3 Å². The topological polar surface area (TPSA) is 61.8 Å². The van der Waals surface area contributed by atoms with Crippen molar-refractivity contribution in [1.82, 2.24) is 19.8 Å². The molecule has 1 aromatic heterocycles. The van der Waals surface area contributed by atoms with Gasteiger partial charge in [0.2, 0.25) is 5.91 Å². The zero-order valence-electron chi connectivity index (χ0n) is 14.1. The summed E-state index contributed by atoms with van der Waals surface area (Å²) < 4.78 is 5.45. The molecule has 7 heteroatoms. The molecule has 0 unspecified atom stereocenters. The molecule has 3 aliphatic heterocycles. The highest BCUT2D eigenvalue weighted by molar-refractivity contribution is 5.78. The van der Waals surface area contributed by atoms with Gasteiger partial charge >= 0.3 is 0 Å². The molecular weight excluding hydrogens is 306 g/mol. The van der Waals surface area contributed by atoms with E-state index in [0.717, 1.165) is 83.3 Å². The number of ether oxygens (including phenoxy) is 1. The monoisotopic (exact) mass is 331 g/mol. The summed E-state index contributed by atoms with van der Waals surface area (Å²) in [6.07, 6.45) is 4.85. The fraction of sp³-hybridized carbons (Fsp3) is 0.706. The molecule has 0 N–H and O–H groups in total. The SMILES string of the molecule is O=C(CN1CCc2ncnc(N3CCOCC3)c2C1)N1CCCC1. The van der Waals surface area contributed by atoms with E-state index in [0.29, 0.717) is 6.54 Å². The van der Waals surface area contributed by atoms with Crippen molar-refractivity contribution in [3.63, 3.8) is 0 Å². The van der Waals surface area contributed by atoms with Gasteiger partial charge in [0.1, 0.15) is 12.1 Å². The predicted octanol–water partition coefficient (Wildman–Crippen LogP) is 0.294. The lowest BCUT2D eigenvalue weighted by molar-refractivity contribution is -0.131. The highest BCUT2D eigenvalue weighted by atomic mass is 16.5. The second-order valence-electron chi connectivity index (χ2n) is 6.77. The van der Waals surface area contributed by atoms with Crippen molar-refractivity contribution in [1.29, 1.82) is 0 Å². The fourth-order valence-electron chi connectivity index (χ4n) is 3.82. The second kappa shape index (κ2) is 7.03. The lowest BCUT2D eigenvalue weighted by atomic mass is 10.1. The van der Waals surface area contributed by atoms with Crippen LogP contribution in [0.2, 0.25) is 0 Å². The number of morpholine rings is 1. The summed E-state index contributed by atoms with van der Waals surface area (Å²) in [5, 5.41) is 0. The molecule has 2 saturated heterocycles. The Morgan fingerprint density at radius 3 is 2.67 bits per heavy atom. The maximum atomic E-state index is 12.4. The average molecular weight is 331 g/mol. The Hall–Kier alpha value is -1.73. The van der Waals surface area contributed by atoms with E-state index >= 15 is 0 Å². The van der Waals surface area contributed by atoms with Crippen LogP contribution in [-0.4, -0.2) is 78.2 Å². The number of carbonyl (C=O) groups is 1. The number of likely N-dealkylation sites (tertiary alicyclic amines) is 1. The molecule has 0 radical (unpaired) electrons. The Labute approximate surface area is 142 Å².